The molecule has 0 radical (unpaired) electrons. The average molecular weight is 308 g/mol. The van der Waals surface area contributed by atoms with Crippen LogP contribution in [0.4, 0.5) is 5.69 Å². The van der Waals surface area contributed by atoms with E-state index in [1.54, 1.807) is 6.07 Å². The lowest BCUT2D eigenvalue weighted by Gasteiger charge is -2.12. The summed E-state index contributed by atoms with van der Waals surface area (Å²) >= 11 is 3.39. The summed E-state index contributed by atoms with van der Waals surface area (Å²) in [5.41, 5.74) is 8.01. The Bertz CT molecular complexity index is 479. The summed E-state index contributed by atoms with van der Waals surface area (Å²) in [5.74, 6) is 0.0932. The molecule has 0 saturated heterocycles. The van der Waals surface area contributed by atoms with Crippen LogP contribution >= 0.6 is 15.9 Å². The molecule has 96 valence electrons. The Hall–Kier alpha value is -1.09. The van der Waals surface area contributed by atoms with E-state index in [-0.39, 0.29) is 5.78 Å². The van der Waals surface area contributed by atoms with Gasteiger partial charge in [-0.1, -0.05) is 34.8 Å². The highest BCUT2D eigenvalue weighted by molar-refractivity contribution is 9.10. The fraction of sp³-hybridized carbons (Fsp3) is 0.400. The van der Waals surface area contributed by atoms with E-state index in [1.807, 2.05) is 12.1 Å². The highest BCUT2D eigenvalue weighted by Crippen LogP contribution is 2.25. The third-order valence-electron chi connectivity index (χ3n) is 3.34. The first-order chi connectivity index (χ1) is 8.68. The molecule has 1 aliphatic rings. The van der Waals surface area contributed by atoms with Gasteiger partial charge in [0.25, 0.3) is 0 Å². The van der Waals surface area contributed by atoms with E-state index < -0.39 is 0 Å². The molecular formula is C15H18BrNO. The zero-order valence-electron chi connectivity index (χ0n) is 10.4. The van der Waals surface area contributed by atoms with Gasteiger partial charge in [0.05, 0.1) is 0 Å². The van der Waals surface area contributed by atoms with Gasteiger partial charge in [0.15, 0.2) is 5.78 Å². The topological polar surface area (TPSA) is 43.1 Å². The Morgan fingerprint density at radius 2 is 1.94 bits per heavy atom. The number of carbonyl (C=O) groups excluding carboxylic acids is 1. The molecule has 0 aliphatic heterocycles. The summed E-state index contributed by atoms with van der Waals surface area (Å²) in [6.45, 7) is 0. The van der Waals surface area contributed by atoms with E-state index in [1.165, 1.54) is 19.3 Å². The Kier molecular flexibility index (Phi) is 4.59. The molecule has 0 bridgehead atoms. The minimum absolute atomic E-state index is 0.0932. The Morgan fingerprint density at radius 1 is 1.17 bits per heavy atom. The van der Waals surface area contributed by atoms with Crippen molar-refractivity contribution in [2.45, 2.75) is 38.5 Å². The van der Waals surface area contributed by atoms with E-state index in [4.69, 9.17) is 5.73 Å². The predicted molar refractivity (Wildman–Crippen MR) is 78.7 cm³/mol. The van der Waals surface area contributed by atoms with Crippen LogP contribution in [0.25, 0.3) is 0 Å². The van der Waals surface area contributed by atoms with Gasteiger partial charge in [-0.15, -0.1) is 0 Å². The summed E-state index contributed by atoms with van der Waals surface area (Å²) in [5, 5.41) is 0. The van der Waals surface area contributed by atoms with Crippen LogP contribution in [0.2, 0.25) is 0 Å². The van der Waals surface area contributed by atoms with Gasteiger partial charge < -0.3 is 5.73 Å². The molecule has 0 spiro atoms. The first-order valence-electron chi connectivity index (χ1n) is 6.47. The maximum absolute atomic E-state index is 12.5. The SMILES string of the molecule is Nc1ccc(Br)cc1C(=O)/C1=C/CCCCCC1. The van der Waals surface area contributed by atoms with Gasteiger partial charge in [0.1, 0.15) is 0 Å². The van der Waals surface area contributed by atoms with Crippen molar-refractivity contribution >= 4 is 27.4 Å². The van der Waals surface area contributed by atoms with Crippen LogP contribution in [0.5, 0.6) is 0 Å². The molecule has 2 N–H and O–H groups in total. The second-order valence-corrected chi connectivity index (χ2v) is 5.66. The average Bonchev–Trinajstić information content (AvgIpc) is 2.31. The van der Waals surface area contributed by atoms with Gasteiger partial charge in [-0.25, -0.2) is 0 Å². The molecule has 18 heavy (non-hydrogen) atoms. The Balaban J connectivity index is 2.26. The van der Waals surface area contributed by atoms with Crippen molar-refractivity contribution in [1.29, 1.82) is 0 Å². The van der Waals surface area contributed by atoms with Crippen molar-refractivity contribution in [3.8, 4) is 0 Å². The molecule has 0 heterocycles. The lowest BCUT2D eigenvalue weighted by molar-refractivity contribution is 0.103. The summed E-state index contributed by atoms with van der Waals surface area (Å²) in [6, 6.07) is 5.46. The van der Waals surface area contributed by atoms with Crippen molar-refractivity contribution in [1.82, 2.24) is 0 Å². The number of hydrogen-bond donors (Lipinski definition) is 1. The predicted octanol–water partition coefficient (Wildman–Crippen LogP) is 4.49. The number of hydrogen-bond acceptors (Lipinski definition) is 2. The van der Waals surface area contributed by atoms with Crippen LogP contribution in [-0.4, -0.2) is 5.78 Å². The molecule has 2 rings (SSSR count). The molecule has 0 unspecified atom stereocenters. The highest BCUT2D eigenvalue weighted by Gasteiger charge is 2.16. The smallest absolute Gasteiger partial charge is 0.190 e. The van der Waals surface area contributed by atoms with Crippen molar-refractivity contribution in [3.05, 3.63) is 39.9 Å². The summed E-state index contributed by atoms with van der Waals surface area (Å²) in [4.78, 5) is 12.5. The van der Waals surface area contributed by atoms with E-state index in [9.17, 15) is 4.79 Å². The summed E-state index contributed by atoms with van der Waals surface area (Å²) in [7, 11) is 0. The second-order valence-electron chi connectivity index (χ2n) is 4.74. The van der Waals surface area contributed by atoms with Crippen molar-refractivity contribution in [3.63, 3.8) is 0 Å². The number of nitrogen functional groups attached to an aromatic ring is 1. The molecule has 3 heteroatoms. The summed E-state index contributed by atoms with van der Waals surface area (Å²) < 4.78 is 0.895. The van der Waals surface area contributed by atoms with E-state index >= 15 is 0 Å². The monoisotopic (exact) mass is 307 g/mol. The third-order valence-corrected chi connectivity index (χ3v) is 3.84. The number of nitrogens with two attached hydrogens (primary N) is 1. The zero-order valence-corrected chi connectivity index (χ0v) is 12.0. The van der Waals surface area contributed by atoms with Gasteiger partial charge in [0, 0.05) is 15.7 Å². The molecule has 0 atom stereocenters. The number of ketones is 1. The Labute approximate surface area is 116 Å². The minimum Gasteiger partial charge on any atom is -0.398 e. The first-order valence-corrected chi connectivity index (χ1v) is 7.26. The molecular weight excluding hydrogens is 290 g/mol. The third kappa shape index (κ3) is 3.22. The molecule has 1 aromatic carbocycles. The van der Waals surface area contributed by atoms with E-state index in [2.05, 4.69) is 22.0 Å². The van der Waals surface area contributed by atoms with Crippen molar-refractivity contribution < 1.29 is 4.79 Å². The van der Waals surface area contributed by atoms with Crippen LogP contribution in [0.15, 0.2) is 34.3 Å². The second kappa shape index (κ2) is 6.19. The van der Waals surface area contributed by atoms with Crippen LogP contribution in [0.3, 0.4) is 0 Å². The zero-order chi connectivity index (χ0) is 13.0. The lowest BCUT2D eigenvalue weighted by atomic mass is 9.93. The Morgan fingerprint density at radius 3 is 2.78 bits per heavy atom. The maximum Gasteiger partial charge on any atom is 0.190 e. The molecule has 2 nitrogen and oxygen atoms in total. The fourth-order valence-corrected chi connectivity index (χ4v) is 2.66. The van der Waals surface area contributed by atoms with Crippen LogP contribution in [0.1, 0.15) is 48.9 Å². The van der Waals surface area contributed by atoms with Crippen molar-refractivity contribution in [2.75, 3.05) is 5.73 Å². The maximum atomic E-state index is 12.5. The number of carbonyl (C=O) groups is 1. The van der Waals surface area contributed by atoms with Gasteiger partial charge in [0.2, 0.25) is 0 Å². The van der Waals surface area contributed by atoms with Gasteiger partial charge in [-0.05, 0) is 49.5 Å². The van der Waals surface area contributed by atoms with Gasteiger partial charge in [-0.3, -0.25) is 4.79 Å². The number of rotatable bonds is 2. The van der Waals surface area contributed by atoms with Crippen molar-refractivity contribution in [2.24, 2.45) is 0 Å². The first kappa shape index (κ1) is 13.3. The molecule has 0 fully saturated rings. The van der Waals surface area contributed by atoms with Crippen LogP contribution < -0.4 is 5.73 Å². The van der Waals surface area contributed by atoms with Gasteiger partial charge in [-0.2, -0.15) is 0 Å². The van der Waals surface area contributed by atoms with E-state index in [0.29, 0.717) is 11.3 Å². The van der Waals surface area contributed by atoms with E-state index in [0.717, 1.165) is 29.3 Å². The highest BCUT2D eigenvalue weighted by atomic mass is 79.9. The normalized spacial score (nSPS) is 19.5. The molecule has 0 aromatic heterocycles. The minimum atomic E-state index is 0.0932. The number of anilines is 1. The number of benzene rings is 1. The molecule has 1 aromatic rings. The number of halogens is 1. The molecule has 1 aliphatic carbocycles. The summed E-state index contributed by atoms with van der Waals surface area (Å²) in [6.07, 6.45) is 8.77. The van der Waals surface area contributed by atoms with Gasteiger partial charge >= 0.3 is 0 Å². The van der Waals surface area contributed by atoms with Crippen LogP contribution in [-0.2, 0) is 0 Å². The lowest BCUT2D eigenvalue weighted by Crippen LogP contribution is -2.08. The largest absolute Gasteiger partial charge is 0.398 e. The number of Topliss-reactive ketones (excluding diaryl/α,β-unsaturated/α-hetero) is 1. The standard InChI is InChI=1S/C15H18BrNO/c16-12-8-9-14(17)13(10-12)15(18)11-6-4-2-1-3-5-7-11/h6,8-10H,1-5,7,17H2/b11-6+. The quantitative estimate of drug-likeness (QED) is 0.646. The fourth-order valence-electron chi connectivity index (χ4n) is 2.30. The van der Waals surface area contributed by atoms with Crippen LogP contribution in [0, 0.1) is 0 Å². The number of allylic oxidation sites excluding steroid dienone is 2. The molecule has 0 saturated carbocycles. The molecule has 0 amide bonds.